The molecule has 190 valence electrons. The fourth-order valence-electron chi connectivity index (χ4n) is 3.97. The summed E-state index contributed by atoms with van der Waals surface area (Å²) in [5, 5.41) is 3.00. The lowest BCUT2D eigenvalue weighted by Gasteiger charge is -2.31. The Balaban J connectivity index is 1.85. The monoisotopic (exact) mass is 506 g/mol. The van der Waals surface area contributed by atoms with Crippen LogP contribution >= 0.6 is 11.8 Å². The maximum atomic E-state index is 14.6. The molecule has 0 saturated carbocycles. The summed E-state index contributed by atoms with van der Waals surface area (Å²) in [7, 11) is 0. The second kappa shape index (κ2) is 14.4. The predicted octanol–water partition coefficient (Wildman–Crippen LogP) is 5.92. The van der Waals surface area contributed by atoms with Gasteiger partial charge in [0.1, 0.15) is 11.9 Å². The number of amides is 2. The molecular formula is C30H35FN2O2S. The van der Waals surface area contributed by atoms with E-state index in [0.717, 1.165) is 18.4 Å². The minimum Gasteiger partial charge on any atom is -0.354 e. The molecule has 0 saturated heterocycles. The first kappa shape index (κ1) is 27.5. The maximum absolute atomic E-state index is 14.6. The molecule has 0 heterocycles. The number of hydrogen-bond donors (Lipinski definition) is 1. The van der Waals surface area contributed by atoms with Crippen LogP contribution in [-0.4, -0.2) is 35.1 Å². The lowest BCUT2D eigenvalue weighted by molar-refractivity contribution is -0.139. The molecule has 0 spiro atoms. The van der Waals surface area contributed by atoms with Gasteiger partial charge in [-0.15, -0.1) is 11.8 Å². The van der Waals surface area contributed by atoms with Crippen LogP contribution in [0.1, 0.15) is 42.0 Å². The lowest BCUT2D eigenvalue weighted by Crippen LogP contribution is -2.51. The van der Waals surface area contributed by atoms with E-state index in [4.69, 9.17) is 0 Å². The van der Waals surface area contributed by atoms with E-state index in [1.807, 2.05) is 42.5 Å². The Morgan fingerprint density at radius 2 is 1.61 bits per heavy atom. The summed E-state index contributed by atoms with van der Waals surface area (Å²) in [6.45, 7) is 4.70. The van der Waals surface area contributed by atoms with Crippen molar-refractivity contribution in [2.75, 3.05) is 12.3 Å². The molecule has 0 fully saturated rings. The molecule has 3 aromatic rings. The Morgan fingerprint density at radius 1 is 0.944 bits per heavy atom. The van der Waals surface area contributed by atoms with Crippen LogP contribution in [0.4, 0.5) is 4.39 Å². The molecule has 3 rings (SSSR count). The number of carbonyl (C=O) groups excluding carboxylic acids is 2. The molecule has 0 bridgehead atoms. The van der Waals surface area contributed by atoms with E-state index in [1.54, 1.807) is 23.1 Å². The molecule has 0 unspecified atom stereocenters. The summed E-state index contributed by atoms with van der Waals surface area (Å²) >= 11 is 1.51. The fourth-order valence-corrected chi connectivity index (χ4v) is 4.96. The average Bonchev–Trinajstić information content (AvgIpc) is 2.89. The quantitative estimate of drug-likeness (QED) is 0.293. The third-order valence-electron chi connectivity index (χ3n) is 6.14. The Kier molecular flexibility index (Phi) is 11.0. The molecule has 0 aliphatic carbocycles. The molecule has 0 aliphatic heterocycles. The average molecular weight is 507 g/mol. The molecule has 0 aliphatic rings. The highest BCUT2D eigenvalue weighted by atomic mass is 32.2. The van der Waals surface area contributed by atoms with Gasteiger partial charge in [-0.1, -0.05) is 86.1 Å². The van der Waals surface area contributed by atoms with Crippen LogP contribution in [0.3, 0.4) is 0 Å². The third kappa shape index (κ3) is 8.23. The third-order valence-corrected chi connectivity index (χ3v) is 7.11. The zero-order valence-electron chi connectivity index (χ0n) is 21.1. The van der Waals surface area contributed by atoms with E-state index in [0.29, 0.717) is 24.3 Å². The first-order chi connectivity index (χ1) is 17.5. The predicted molar refractivity (Wildman–Crippen MR) is 146 cm³/mol. The van der Waals surface area contributed by atoms with Crippen molar-refractivity contribution < 1.29 is 14.0 Å². The normalized spacial score (nSPS) is 11.6. The summed E-state index contributed by atoms with van der Waals surface area (Å²) < 4.78 is 14.6. The Bertz CT molecular complexity index is 1120. The number of benzene rings is 3. The van der Waals surface area contributed by atoms with Crippen molar-refractivity contribution in [3.05, 3.63) is 107 Å². The van der Waals surface area contributed by atoms with Crippen LogP contribution in [0.25, 0.3) is 0 Å². The largest absolute Gasteiger partial charge is 0.354 e. The summed E-state index contributed by atoms with van der Waals surface area (Å²) in [6.07, 6.45) is 2.18. The van der Waals surface area contributed by atoms with Crippen molar-refractivity contribution in [2.45, 2.75) is 51.4 Å². The summed E-state index contributed by atoms with van der Waals surface area (Å²) in [5.74, 6) is 0.130. The van der Waals surface area contributed by atoms with E-state index in [1.165, 1.54) is 29.0 Å². The second-order valence-electron chi connectivity index (χ2n) is 8.88. The fraction of sp³-hybridized carbons (Fsp3) is 0.333. The SMILES string of the molecule is CCCCNC(=O)[C@H](Cc1ccccc1)N(Cc1ccccc1F)C(=O)CSCc1ccccc1C. The van der Waals surface area contributed by atoms with Gasteiger partial charge in [-0.25, -0.2) is 4.39 Å². The standard InChI is InChI=1S/C30H35FN2O2S/c1-3-4-18-32-30(35)28(19-24-13-6-5-7-14-24)33(20-25-15-10-11-17-27(25)31)29(34)22-36-21-26-16-9-8-12-23(26)2/h5-17,28H,3-4,18-22H2,1-2H3,(H,32,35)/t28-/m0/s1. The van der Waals surface area contributed by atoms with Crippen molar-refractivity contribution in [3.63, 3.8) is 0 Å². The molecule has 1 N–H and O–H groups in total. The van der Waals surface area contributed by atoms with Gasteiger partial charge >= 0.3 is 0 Å². The van der Waals surface area contributed by atoms with Crippen LogP contribution in [0, 0.1) is 12.7 Å². The van der Waals surface area contributed by atoms with Crippen molar-refractivity contribution in [1.82, 2.24) is 10.2 Å². The van der Waals surface area contributed by atoms with Crippen LogP contribution in [-0.2, 0) is 28.3 Å². The van der Waals surface area contributed by atoms with Gasteiger partial charge in [0.25, 0.3) is 0 Å². The highest BCUT2D eigenvalue weighted by Crippen LogP contribution is 2.20. The van der Waals surface area contributed by atoms with Gasteiger partial charge in [-0.05, 0) is 36.1 Å². The molecule has 3 aromatic carbocycles. The number of aryl methyl sites for hydroxylation is 1. The van der Waals surface area contributed by atoms with Gasteiger partial charge in [0, 0.05) is 30.8 Å². The number of nitrogens with zero attached hydrogens (tertiary/aromatic N) is 1. The summed E-state index contributed by atoms with van der Waals surface area (Å²) in [6, 6.07) is 23.5. The first-order valence-electron chi connectivity index (χ1n) is 12.5. The van der Waals surface area contributed by atoms with E-state index >= 15 is 0 Å². The zero-order valence-corrected chi connectivity index (χ0v) is 21.9. The molecule has 36 heavy (non-hydrogen) atoms. The van der Waals surface area contributed by atoms with Crippen LogP contribution in [0.15, 0.2) is 78.9 Å². The highest BCUT2D eigenvalue weighted by molar-refractivity contribution is 7.99. The molecular weight excluding hydrogens is 471 g/mol. The number of thioether (sulfide) groups is 1. The number of nitrogens with one attached hydrogen (secondary N) is 1. The van der Waals surface area contributed by atoms with Crippen LogP contribution in [0.2, 0.25) is 0 Å². The first-order valence-corrected chi connectivity index (χ1v) is 13.6. The van der Waals surface area contributed by atoms with Gasteiger partial charge in [0.2, 0.25) is 11.8 Å². The molecule has 0 radical (unpaired) electrons. The van der Waals surface area contributed by atoms with Gasteiger partial charge in [-0.3, -0.25) is 9.59 Å². The lowest BCUT2D eigenvalue weighted by atomic mass is 10.0. The van der Waals surface area contributed by atoms with Gasteiger partial charge < -0.3 is 10.2 Å². The second-order valence-corrected chi connectivity index (χ2v) is 9.87. The number of halogens is 1. The van der Waals surface area contributed by atoms with Gasteiger partial charge in [0.05, 0.1) is 5.75 Å². The summed E-state index contributed by atoms with van der Waals surface area (Å²) in [5.41, 5.74) is 3.70. The Hall–Kier alpha value is -3.12. The minimum absolute atomic E-state index is 0.0368. The van der Waals surface area contributed by atoms with Gasteiger partial charge in [0.15, 0.2) is 0 Å². The van der Waals surface area contributed by atoms with Crippen LogP contribution < -0.4 is 5.32 Å². The maximum Gasteiger partial charge on any atom is 0.243 e. The number of carbonyl (C=O) groups is 2. The zero-order chi connectivity index (χ0) is 25.8. The number of unbranched alkanes of at least 4 members (excludes halogenated alkanes) is 1. The van der Waals surface area contributed by atoms with Crippen molar-refractivity contribution in [2.24, 2.45) is 0 Å². The topological polar surface area (TPSA) is 49.4 Å². The summed E-state index contributed by atoms with van der Waals surface area (Å²) in [4.78, 5) is 28.5. The van der Waals surface area contributed by atoms with Gasteiger partial charge in [-0.2, -0.15) is 0 Å². The number of hydrogen-bond acceptors (Lipinski definition) is 3. The van der Waals surface area contributed by atoms with Crippen molar-refractivity contribution >= 4 is 23.6 Å². The molecule has 2 amide bonds. The Morgan fingerprint density at radius 3 is 2.31 bits per heavy atom. The van der Waals surface area contributed by atoms with E-state index in [-0.39, 0.29) is 29.9 Å². The Labute approximate surface area is 218 Å². The molecule has 1 atom stereocenters. The van der Waals surface area contributed by atoms with E-state index in [9.17, 15) is 14.0 Å². The minimum atomic E-state index is -0.740. The van der Waals surface area contributed by atoms with E-state index in [2.05, 4.69) is 31.3 Å². The smallest absolute Gasteiger partial charge is 0.243 e. The van der Waals surface area contributed by atoms with E-state index < -0.39 is 6.04 Å². The molecule has 0 aromatic heterocycles. The van der Waals surface area contributed by atoms with Crippen molar-refractivity contribution in [1.29, 1.82) is 0 Å². The highest BCUT2D eigenvalue weighted by Gasteiger charge is 2.30. The van der Waals surface area contributed by atoms with Crippen molar-refractivity contribution in [3.8, 4) is 0 Å². The molecule has 4 nitrogen and oxygen atoms in total. The number of rotatable bonds is 13. The molecule has 6 heteroatoms. The van der Waals surface area contributed by atoms with Crippen LogP contribution in [0.5, 0.6) is 0 Å².